The van der Waals surface area contributed by atoms with Crippen LogP contribution in [0.1, 0.15) is 44.9 Å². The van der Waals surface area contributed by atoms with Gasteiger partial charge in [0.1, 0.15) is 5.78 Å². The maximum atomic E-state index is 12.3. The highest BCUT2D eigenvalue weighted by Gasteiger charge is 2.58. The van der Waals surface area contributed by atoms with E-state index in [9.17, 15) is 19.8 Å². The summed E-state index contributed by atoms with van der Waals surface area (Å²) in [6.45, 7) is 1.61. The number of hydrogen-bond donors (Lipinski definition) is 3. The largest absolute Gasteiger partial charge is 0.504 e. The molecule has 0 amide bonds. The number of carbonyl (C=O) groups excluding carboxylic acids is 2. The Morgan fingerprint density at radius 2 is 2.04 bits per heavy atom. The van der Waals surface area contributed by atoms with Gasteiger partial charge >= 0.3 is 0 Å². The van der Waals surface area contributed by atoms with Crippen molar-refractivity contribution in [1.29, 1.82) is 0 Å². The highest BCUT2D eigenvalue weighted by atomic mass is 16.3. The molecule has 25 heavy (non-hydrogen) atoms. The third-order valence-electron chi connectivity index (χ3n) is 6.38. The molecule has 4 rings (SSSR count). The molecule has 4 aliphatic rings. The molecule has 0 aromatic carbocycles. The van der Waals surface area contributed by atoms with Crippen molar-refractivity contribution >= 4 is 11.6 Å². The Labute approximate surface area is 147 Å². The van der Waals surface area contributed by atoms with E-state index in [1.165, 1.54) is 18.9 Å². The number of Topliss-reactive ketones (excluding diaryl/α,β-unsaturated/α-hetero) is 1. The Hall–Kier alpha value is -1.72. The lowest BCUT2D eigenvalue weighted by Crippen LogP contribution is -2.57. The van der Waals surface area contributed by atoms with Gasteiger partial charge < -0.3 is 15.5 Å². The molecule has 0 radical (unpaired) electrons. The first-order valence-electron chi connectivity index (χ1n) is 9.27. The van der Waals surface area contributed by atoms with E-state index in [2.05, 4.69) is 5.32 Å². The second-order valence-electron chi connectivity index (χ2n) is 8.01. The summed E-state index contributed by atoms with van der Waals surface area (Å²) in [7, 11) is 0. The zero-order valence-corrected chi connectivity index (χ0v) is 14.4. The van der Waals surface area contributed by atoms with Gasteiger partial charge in [-0.05, 0) is 62.8 Å². The monoisotopic (exact) mass is 343 g/mol. The van der Waals surface area contributed by atoms with Gasteiger partial charge in [0.15, 0.2) is 5.76 Å². The summed E-state index contributed by atoms with van der Waals surface area (Å²) in [5.74, 6) is 0.0944. The van der Waals surface area contributed by atoms with Gasteiger partial charge in [0.25, 0.3) is 0 Å². The van der Waals surface area contributed by atoms with Crippen molar-refractivity contribution in [2.45, 2.75) is 50.5 Å². The van der Waals surface area contributed by atoms with Gasteiger partial charge in [0, 0.05) is 23.8 Å². The van der Waals surface area contributed by atoms with Gasteiger partial charge in [0.2, 0.25) is 5.78 Å². The minimum absolute atomic E-state index is 0.0930. The molecule has 4 aliphatic carbocycles. The van der Waals surface area contributed by atoms with Gasteiger partial charge in [0.05, 0.1) is 5.60 Å². The molecule has 0 aliphatic heterocycles. The first-order chi connectivity index (χ1) is 12.0. The Morgan fingerprint density at radius 1 is 1.24 bits per heavy atom. The fourth-order valence-electron chi connectivity index (χ4n) is 4.71. The van der Waals surface area contributed by atoms with Crippen LogP contribution < -0.4 is 5.32 Å². The van der Waals surface area contributed by atoms with Gasteiger partial charge in [-0.15, -0.1) is 0 Å². The van der Waals surface area contributed by atoms with Crippen LogP contribution in [0.25, 0.3) is 0 Å². The molecular formula is C20H25NO4. The number of fused-ring (bicyclic) bond motifs is 3. The van der Waals surface area contributed by atoms with E-state index in [-0.39, 0.29) is 18.0 Å². The summed E-state index contributed by atoms with van der Waals surface area (Å²) >= 11 is 0. The Kier molecular flexibility index (Phi) is 3.96. The van der Waals surface area contributed by atoms with Crippen LogP contribution in [0.3, 0.4) is 0 Å². The third-order valence-corrected chi connectivity index (χ3v) is 6.38. The standard InChI is InChI=1S/C20H25NO4/c22-15-6-8-20(25)7-5-14-3-4-16(23)18(24)17(14)19(20,11-15)9-10-21-12-13-1-2-13/h3-5,13,21,24-25H,1-2,6-12H2/t19-,20?/m1/s1. The van der Waals surface area contributed by atoms with Gasteiger partial charge in [-0.2, -0.15) is 0 Å². The van der Waals surface area contributed by atoms with Crippen LogP contribution in [0.4, 0.5) is 0 Å². The predicted octanol–water partition coefficient (Wildman–Crippen LogP) is 2.13. The number of carbonyl (C=O) groups is 2. The Bertz CT molecular complexity index is 715. The van der Waals surface area contributed by atoms with Crippen molar-refractivity contribution in [1.82, 2.24) is 5.32 Å². The van der Waals surface area contributed by atoms with Crippen LogP contribution in [0.2, 0.25) is 0 Å². The number of nitrogens with one attached hydrogen (secondary N) is 1. The summed E-state index contributed by atoms with van der Waals surface area (Å²) in [6, 6.07) is 0. The average molecular weight is 343 g/mol. The second-order valence-corrected chi connectivity index (χ2v) is 8.01. The zero-order chi connectivity index (χ0) is 17.7. The van der Waals surface area contributed by atoms with Crippen LogP contribution >= 0.6 is 0 Å². The lowest BCUT2D eigenvalue weighted by molar-refractivity contribution is -0.143. The number of rotatable bonds is 5. The van der Waals surface area contributed by atoms with Gasteiger partial charge in [-0.1, -0.05) is 12.2 Å². The number of allylic oxidation sites excluding steroid dienone is 3. The molecule has 0 bridgehead atoms. The molecule has 0 spiro atoms. The molecule has 2 fully saturated rings. The SMILES string of the molecule is O=C1CCC2(O)CC=C3C=CC(=O)C(O)=C3[C@@]2(CCNCC2CC2)C1. The number of ketones is 2. The molecule has 1 unspecified atom stereocenters. The van der Waals surface area contributed by atoms with E-state index in [4.69, 9.17) is 0 Å². The first kappa shape index (κ1) is 16.7. The van der Waals surface area contributed by atoms with E-state index < -0.39 is 16.8 Å². The lowest BCUT2D eigenvalue weighted by atomic mass is 9.52. The third kappa shape index (κ3) is 2.70. The average Bonchev–Trinajstić information content (AvgIpc) is 3.40. The minimum Gasteiger partial charge on any atom is -0.504 e. The van der Waals surface area contributed by atoms with Gasteiger partial charge in [-0.25, -0.2) is 0 Å². The van der Waals surface area contributed by atoms with E-state index in [1.807, 2.05) is 6.08 Å². The first-order valence-corrected chi connectivity index (χ1v) is 9.27. The quantitative estimate of drug-likeness (QED) is 0.666. The summed E-state index contributed by atoms with van der Waals surface area (Å²) in [6.07, 6.45) is 9.40. The lowest BCUT2D eigenvalue weighted by Gasteiger charge is -2.54. The molecule has 0 aromatic rings. The van der Waals surface area contributed by atoms with Crippen LogP contribution in [0.5, 0.6) is 0 Å². The van der Waals surface area contributed by atoms with Crippen molar-refractivity contribution in [2.24, 2.45) is 11.3 Å². The predicted molar refractivity (Wildman–Crippen MR) is 93.0 cm³/mol. The van der Waals surface area contributed by atoms with Crippen molar-refractivity contribution < 1.29 is 19.8 Å². The molecule has 0 aromatic heterocycles. The molecular weight excluding hydrogens is 318 g/mol. The second kappa shape index (κ2) is 5.92. The van der Waals surface area contributed by atoms with E-state index >= 15 is 0 Å². The molecule has 2 saturated carbocycles. The van der Waals surface area contributed by atoms with Crippen molar-refractivity contribution in [3.05, 3.63) is 35.1 Å². The fraction of sp³-hybridized carbons (Fsp3) is 0.600. The van der Waals surface area contributed by atoms with Crippen LogP contribution in [-0.2, 0) is 9.59 Å². The molecule has 5 nitrogen and oxygen atoms in total. The van der Waals surface area contributed by atoms with Crippen LogP contribution in [0.15, 0.2) is 35.1 Å². The molecule has 134 valence electrons. The van der Waals surface area contributed by atoms with E-state index in [0.717, 1.165) is 18.0 Å². The Balaban J connectivity index is 1.71. The summed E-state index contributed by atoms with van der Waals surface area (Å²) in [5.41, 5.74) is -0.706. The summed E-state index contributed by atoms with van der Waals surface area (Å²) in [4.78, 5) is 24.4. The fourth-order valence-corrected chi connectivity index (χ4v) is 4.71. The Morgan fingerprint density at radius 3 is 2.80 bits per heavy atom. The van der Waals surface area contributed by atoms with Gasteiger partial charge in [-0.3, -0.25) is 9.59 Å². The maximum absolute atomic E-state index is 12.3. The summed E-state index contributed by atoms with van der Waals surface area (Å²) in [5, 5.41) is 25.4. The highest BCUT2D eigenvalue weighted by molar-refractivity contribution is 6.05. The van der Waals surface area contributed by atoms with Crippen molar-refractivity contribution in [3.8, 4) is 0 Å². The number of aliphatic hydroxyl groups excluding tert-OH is 1. The molecule has 5 heteroatoms. The molecule has 0 heterocycles. The highest BCUT2D eigenvalue weighted by Crippen LogP contribution is 2.58. The zero-order valence-electron chi connectivity index (χ0n) is 14.4. The number of hydrogen-bond acceptors (Lipinski definition) is 5. The van der Waals surface area contributed by atoms with Crippen molar-refractivity contribution in [3.63, 3.8) is 0 Å². The topological polar surface area (TPSA) is 86.6 Å². The van der Waals surface area contributed by atoms with Crippen LogP contribution in [0, 0.1) is 11.3 Å². The number of aliphatic hydroxyl groups is 2. The maximum Gasteiger partial charge on any atom is 0.220 e. The smallest absolute Gasteiger partial charge is 0.220 e. The molecule has 3 N–H and O–H groups in total. The van der Waals surface area contributed by atoms with E-state index in [1.54, 1.807) is 6.08 Å². The van der Waals surface area contributed by atoms with Crippen LogP contribution in [-0.4, -0.2) is 40.5 Å². The molecule has 2 atom stereocenters. The minimum atomic E-state index is -1.08. The van der Waals surface area contributed by atoms with Crippen molar-refractivity contribution in [2.75, 3.05) is 13.1 Å². The molecule has 0 saturated heterocycles. The van der Waals surface area contributed by atoms with E-state index in [0.29, 0.717) is 37.8 Å². The summed E-state index contributed by atoms with van der Waals surface area (Å²) < 4.78 is 0. The normalized spacial score (nSPS) is 34.7.